The van der Waals surface area contributed by atoms with E-state index in [0.29, 0.717) is 5.56 Å². The van der Waals surface area contributed by atoms with Gasteiger partial charge in [0.2, 0.25) is 0 Å². The van der Waals surface area contributed by atoms with Crippen molar-refractivity contribution in [1.82, 2.24) is 0 Å². The Morgan fingerprint density at radius 1 is 1.26 bits per heavy atom. The Bertz CT molecular complexity index is 620. The maximum Gasteiger partial charge on any atom is 0.526 e. The van der Waals surface area contributed by atoms with Crippen LogP contribution in [0.4, 0.5) is 4.79 Å². The summed E-state index contributed by atoms with van der Waals surface area (Å²) in [5.74, 6) is -2.53. The summed E-state index contributed by atoms with van der Waals surface area (Å²) in [5.41, 5.74) is 3.45. The summed E-state index contributed by atoms with van der Waals surface area (Å²) in [6, 6.07) is 8.73. The SMILES string of the molecule is NCC(=O)[N@+]1(C(=O)OCc2ccccc2)CCC[C@@]1(O)C(=O)O. The first-order valence-corrected chi connectivity index (χ1v) is 7.17. The van der Waals surface area contributed by atoms with Gasteiger partial charge in [0.15, 0.2) is 0 Å². The van der Waals surface area contributed by atoms with Crippen LogP contribution in [0.25, 0.3) is 0 Å². The van der Waals surface area contributed by atoms with Crippen molar-refractivity contribution in [1.29, 1.82) is 0 Å². The fraction of sp³-hybridized carbons (Fsp3) is 0.400. The molecule has 0 aliphatic carbocycles. The highest BCUT2D eigenvalue weighted by Crippen LogP contribution is 2.37. The van der Waals surface area contributed by atoms with Crippen molar-refractivity contribution in [3.63, 3.8) is 0 Å². The number of aliphatic hydroxyl groups is 1. The normalized spacial score (nSPS) is 26.7. The summed E-state index contributed by atoms with van der Waals surface area (Å²) in [4.78, 5) is 36.2. The van der Waals surface area contributed by atoms with Crippen molar-refractivity contribution in [2.45, 2.75) is 25.2 Å². The lowest BCUT2D eigenvalue weighted by atomic mass is 10.1. The number of ether oxygens (including phenoxy) is 1. The van der Waals surface area contributed by atoms with Crippen molar-refractivity contribution >= 4 is 18.0 Å². The fourth-order valence-corrected chi connectivity index (χ4v) is 2.87. The number of likely N-dealkylation sites (tertiary alicyclic amines) is 1. The highest BCUT2D eigenvalue weighted by Gasteiger charge is 2.69. The fourth-order valence-electron chi connectivity index (χ4n) is 2.87. The number of carboxylic acid groups (broad SMARTS) is 1. The minimum Gasteiger partial charge on any atom is -0.475 e. The molecule has 0 bridgehead atoms. The Hall–Kier alpha value is -2.29. The van der Waals surface area contributed by atoms with Gasteiger partial charge < -0.3 is 20.7 Å². The molecule has 8 nitrogen and oxygen atoms in total. The Balaban J connectivity index is 2.30. The molecule has 23 heavy (non-hydrogen) atoms. The predicted octanol–water partition coefficient (Wildman–Crippen LogP) is 0.192. The van der Waals surface area contributed by atoms with E-state index >= 15 is 0 Å². The number of quaternary nitrogens is 1. The number of hydrogen-bond donors (Lipinski definition) is 3. The van der Waals surface area contributed by atoms with E-state index in [0.717, 1.165) is 0 Å². The Morgan fingerprint density at radius 3 is 2.48 bits per heavy atom. The van der Waals surface area contributed by atoms with Crippen LogP contribution in [0.5, 0.6) is 0 Å². The maximum atomic E-state index is 12.5. The van der Waals surface area contributed by atoms with Crippen molar-refractivity contribution in [3.8, 4) is 0 Å². The van der Waals surface area contributed by atoms with Crippen molar-refractivity contribution in [2.24, 2.45) is 5.73 Å². The summed E-state index contributed by atoms with van der Waals surface area (Å²) < 4.78 is 3.79. The molecule has 0 aromatic heterocycles. The quantitative estimate of drug-likeness (QED) is 0.675. The molecule has 1 heterocycles. The molecule has 1 saturated heterocycles. The van der Waals surface area contributed by atoms with E-state index in [1.165, 1.54) is 0 Å². The van der Waals surface area contributed by atoms with Crippen LogP contribution in [-0.2, 0) is 20.9 Å². The number of nitrogens with two attached hydrogens (primary N) is 1. The molecular formula is C15H19N2O6+. The highest BCUT2D eigenvalue weighted by molar-refractivity contribution is 5.89. The molecule has 1 aliphatic rings. The van der Waals surface area contributed by atoms with Crippen LogP contribution < -0.4 is 5.73 Å². The molecule has 0 radical (unpaired) electrons. The van der Waals surface area contributed by atoms with Gasteiger partial charge in [-0.25, -0.2) is 9.59 Å². The molecule has 1 aliphatic heterocycles. The molecule has 1 aromatic rings. The van der Waals surface area contributed by atoms with Gasteiger partial charge in [-0.1, -0.05) is 30.3 Å². The number of aliphatic carboxylic acids is 1. The molecule has 0 saturated carbocycles. The van der Waals surface area contributed by atoms with Crippen molar-refractivity contribution in [2.75, 3.05) is 13.1 Å². The van der Waals surface area contributed by atoms with Gasteiger partial charge >= 0.3 is 23.7 Å². The highest BCUT2D eigenvalue weighted by atomic mass is 16.6. The number of carbonyl (C=O) groups is 3. The third-order valence-corrected chi connectivity index (χ3v) is 4.11. The minimum atomic E-state index is -2.55. The summed E-state index contributed by atoms with van der Waals surface area (Å²) in [6.07, 6.45) is -1.14. The number of carboxylic acids is 1. The first kappa shape index (κ1) is 17.1. The molecule has 124 valence electrons. The summed E-state index contributed by atoms with van der Waals surface area (Å²) >= 11 is 0. The van der Waals surface area contributed by atoms with Crippen molar-refractivity contribution < 1.29 is 33.8 Å². The van der Waals surface area contributed by atoms with E-state index in [1.54, 1.807) is 30.3 Å². The molecule has 0 unspecified atom stereocenters. The predicted molar refractivity (Wildman–Crippen MR) is 77.6 cm³/mol. The summed E-state index contributed by atoms with van der Waals surface area (Å²) in [6.45, 7) is -0.865. The molecule has 1 fully saturated rings. The second kappa shape index (κ2) is 6.45. The number of rotatable bonds is 4. The van der Waals surface area contributed by atoms with Gasteiger partial charge in [-0.15, -0.1) is 4.48 Å². The first-order valence-electron chi connectivity index (χ1n) is 7.17. The zero-order valence-electron chi connectivity index (χ0n) is 12.5. The topological polar surface area (TPSA) is 127 Å². The van der Waals surface area contributed by atoms with Gasteiger partial charge in [0.25, 0.3) is 0 Å². The second-order valence-corrected chi connectivity index (χ2v) is 5.40. The van der Waals surface area contributed by atoms with Gasteiger partial charge in [-0.3, -0.25) is 0 Å². The molecule has 2 rings (SSSR count). The van der Waals surface area contributed by atoms with E-state index in [-0.39, 0.29) is 26.0 Å². The minimum absolute atomic E-state index is 0.132. The van der Waals surface area contributed by atoms with Gasteiger partial charge in [-0.2, -0.15) is 4.79 Å². The van der Waals surface area contributed by atoms with Gasteiger partial charge in [0.1, 0.15) is 13.2 Å². The standard InChI is InChI=1S/C15H18N2O6/c16-9-12(18)17(8-4-7-15(17,22)13(19)20)14(21)23-10-11-5-2-1-3-6-11/h1-3,5-6,22H,4,7-10,16H2/p+1/t15-,17+/m1/s1. The number of nitrogens with zero attached hydrogens (tertiary/aromatic N) is 1. The smallest absolute Gasteiger partial charge is 0.475 e. The molecule has 4 N–H and O–H groups in total. The Labute approximate surface area is 132 Å². The summed E-state index contributed by atoms with van der Waals surface area (Å²) in [5, 5.41) is 19.8. The largest absolute Gasteiger partial charge is 0.526 e. The number of amides is 2. The Morgan fingerprint density at radius 2 is 1.91 bits per heavy atom. The van der Waals surface area contributed by atoms with Crippen LogP contribution in [0.15, 0.2) is 30.3 Å². The molecule has 2 atom stereocenters. The molecule has 1 aromatic carbocycles. The average Bonchev–Trinajstić information content (AvgIpc) is 2.92. The van der Waals surface area contributed by atoms with Crippen LogP contribution in [0.2, 0.25) is 0 Å². The van der Waals surface area contributed by atoms with E-state index in [1.807, 2.05) is 0 Å². The van der Waals surface area contributed by atoms with E-state index in [4.69, 9.17) is 10.5 Å². The third-order valence-electron chi connectivity index (χ3n) is 4.11. The van der Waals surface area contributed by atoms with Crippen molar-refractivity contribution in [3.05, 3.63) is 35.9 Å². The molecular weight excluding hydrogens is 304 g/mol. The zero-order chi connectivity index (χ0) is 17.1. The maximum absolute atomic E-state index is 12.5. The second-order valence-electron chi connectivity index (χ2n) is 5.40. The number of benzene rings is 1. The lowest BCUT2D eigenvalue weighted by Gasteiger charge is -2.35. The third kappa shape index (κ3) is 2.72. The molecule has 8 heteroatoms. The van der Waals surface area contributed by atoms with E-state index < -0.39 is 34.7 Å². The van der Waals surface area contributed by atoms with Crippen LogP contribution >= 0.6 is 0 Å². The lowest BCUT2D eigenvalue weighted by molar-refractivity contribution is -0.841. The van der Waals surface area contributed by atoms with E-state index in [9.17, 15) is 24.6 Å². The van der Waals surface area contributed by atoms with Crippen LogP contribution in [0, 0.1) is 0 Å². The van der Waals surface area contributed by atoms with Gasteiger partial charge in [0, 0.05) is 12.8 Å². The lowest BCUT2D eigenvalue weighted by Crippen LogP contribution is -2.71. The molecule has 2 amide bonds. The summed E-state index contributed by atoms with van der Waals surface area (Å²) in [7, 11) is 0. The number of hydrogen-bond acceptors (Lipinski definition) is 6. The zero-order valence-corrected chi connectivity index (χ0v) is 12.5. The molecule has 0 spiro atoms. The number of imide groups is 1. The van der Waals surface area contributed by atoms with E-state index in [2.05, 4.69) is 0 Å². The van der Waals surface area contributed by atoms with Crippen LogP contribution in [-0.4, -0.2) is 51.5 Å². The first-order chi connectivity index (χ1) is 10.9. The van der Waals surface area contributed by atoms with Crippen LogP contribution in [0.3, 0.4) is 0 Å². The monoisotopic (exact) mass is 323 g/mol. The van der Waals surface area contributed by atoms with Gasteiger partial charge in [0.05, 0.1) is 6.54 Å². The Kier molecular flexibility index (Phi) is 4.79. The van der Waals surface area contributed by atoms with Gasteiger partial charge in [-0.05, 0) is 5.56 Å². The van der Waals surface area contributed by atoms with Crippen LogP contribution in [0.1, 0.15) is 18.4 Å². The number of carbonyl (C=O) groups excluding carboxylic acids is 2. The average molecular weight is 323 g/mol.